The maximum absolute atomic E-state index is 12.8. The number of aromatic nitrogens is 3. The molecule has 0 spiro atoms. The van der Waals surface area contributed by atoms with Crippen molar-refractivity contribution in [2.75, 3.05) is 5.32 Å². The number of para-hydroxylation sites is 1. The summed E-state index contributed by atoms with van der Waals surface area (Å²) >= 11 is 9.66. The van der Waals surface area contributed by atoms with Gasteiger partial charge in [-0.2, -0.15) is 0 Å². The van der Waals surface area contributed by atoms with Crippen LogP contribution in [0.4, 0.5) is 5.69 Å². The highest BCUT2D eigenvalue weighted by atomic mass is 79.9. The van der Waals surface area contributed by atoms with E-state index in [9.17, 15) is 4.79 Å². The van der Waals surface area contributed by atoms with Crippen LogP contribution in [0.25, 0.3) is 17.1 Å². The molecule has 0 fully saturated rings. The van der Waals surface area contributed by atoms with Crippen molar-refractivity contribution in [3.8, 4) is 17.1 Å². The van der Waals surface area contributed by atoms with E-state index in [-0.39, 0.29) is 11.7 Å². The first kappa shape index (κ1) is 19.4. The van der Waals surface area contributed by atoms with Crippen molar-refractivity contribution in [1.29, 1.82) is 0 Å². The van der Waals surface area contributed by atoms with Gasteiger partial charge in [-0.15, -0.1) is 5.10 Å². The van der Waals surface area contributed by atoms with Crippen LogP contribution < -0.4 is 5.32 Å². The molecule has 1 amide bonds. The lowest BCUT2D eigenvalue weighted by Crippen LogP contribution is -2.14. The van der Waals surface area contributed by atoms with E-state index in [1.807, 2.05) is 79.7 Å². The molecule has 0 saturated carbocycles. The highest BCUT2D eigenvalue weighted by Gasteiger charge is 2.20. The summed E-state index contributed by atoms with van der Waals surface area (Å²) in [4.78, 5) is 17.3. The largest absolute Gasteiger partial charge is 0.319 e. The van der Waals surface area contributed by atoms with E-state index in [1.165, 1.54) is 0 Å². The Hall–Kier alpha value is -2.96. The summed E-state index contributed by atoms with van der Waals surface area (Å²) in [5.74, 6) is 0.250. The van der Waals surface area contributed by atoms with Crippen LogP contribution in [0.15, 0.2) is 77.3 Å². The van der Waals surface area contributed by atoms with Crippen molar-refractivity contribution in [1.82, 2.24) is 14.8 Å². The summed E-state index contributed by atoms with van der Waals surface area (Å²) in [6.45, 7) is 1.96. The second-order valence-corrected chi connectivity index (χ2v) is 7.78. The van der Waals surface area contributed by atoms with Crippen LogP contribution >= 0.6 is 27.5 Å². The standard InChI is InChI=1S/C22H16BrClN4O/c1-14-7-12-17(24)13-19(14)28-21(15-8-10-16(23)11-9-15)26-20(27-28)22(29)25-18-5-3-2-4-6-18/h2-13H,1H3,(H,25,29). The predicted octanol–water partition coefficient (Wildman–Crippen LogP) is 5.91. The molecule has 1 aromatic heterocycles. The van der Waals surface area contributed by atoms with Crippen LogP contribution in [-0.2, 0) is 0 Å². The molecular formula is C22H16BrClN4O. The molecule has 1 heterocycles. The molecule has 144 valence electrons. The zero-order valence-electron chi connectivity index (χ0n) is 15.4. The molecular weight excluding hydrogens is 452 g/mol. The van der Waals surface area contributed by atoms with Crippen molar-refractivity contribution < 1.29 is 4.79 Å². The molecule has 7 heteroatoms. The molecule has 0 aliphatic carbocycles. The smallest absolute Gasteiger partial charge is 0.295 e. The van der Waals surface area contributed by atoms with Crippen molar-refractivity contribution in [3.63, 3.8) is 0 Å². The van der Waals surface area contributed by atoms with Crippen LogP contribution in [0.5, 0.6) is 0 Å². The van der Waals surface area contributed by atoms with Gasteiger partial charge in [0.15, 0.2) is 5.82 Å². The van der Waals surface area contributed by atoms with Crippen molar-refractivity contribution >= 4 is 39.1 Å². The fourth-order valence-electron chi connectivity index (χ4n) is 2.88. The number of hydrogen-bond acceptors (Lipinski definition) is 3. The Morgan fingerprint density at radius 2 is 1.76 bits per heavy atom. The number of anilines is 1. The average molecular weight is 468 g/mol. The molecule has 4 aromatic rings. The molecule has 5 nitrogen and oxygen atoms in total. The normalized spacial score (nSPS) is 10.7. The topological polar surface area (TPSA) is 59.8 Å². The third kappa shape index (κ3) is 4.23. The van der Waals surface area contributed by atoms with Crippen molar-refractivity contribution in [2.24, 2.45) is 0 Å². The van der Waals surface area contributed by atoms with Gasteiger partial charge in [0.25, 0.3) is 5.91 Å². The summed E-state index contributed by atoms with van der Waals surface area (Å²) in [6.07, 6.45) is 0. The Morgan fingerprint density at radius 3 is 2.48 bits per heavy atom. The van der Waals surface area contributed by atoms with Gasteiger partial charge >= 0.3 is 0 Å². The van der Waals surface area contributed by atoms with E-state index in [0.29, 0.717) is 16.5 Å². The summed E-state index contributed by atoms with van der Waals surface area (Å²) in [5.41, 5.74) is 3.24. The minimum Gasteiger partial charge on any atom is -0.319 e. The summed E-state index contributed by atoms with van der Waals surface area (Å²) in [7, 11) is 0. The van der Waals surface area contributed by atoms with Gasteiger partial charge in [0, 0.05) is 20.7 Å². The molecule has 3 aromatic carbocycles. The summed E-state index contributed by atoms with van der Waals surface area (Å²) in [6, 6.07) is 22.4. The Bertz CT molecular complexity index is 1170. The number of carbonyl (C=O) groups excluding carboxylic acids is 1. The lowest BCUT2D eigenvalue weighted by Gasteiger charge is -2.09. The van der Waals surface area contributed by atoms with E-state index >= 15 is 0 Å². The minimum absolute atomic E-state index is 0.0751. The molecule has 0 radical (unpaired) electrons. The molecule has 0 aliphatic rings. The number of aryl methyl sites for hydroxylation is 1. The van der Waals surface area contributed by atoms with Crippen molar-refractivity contribution in [2.45, 2.75) is 6.92 Å². The Morgan fingerprint density at radius 1 is 1.03 bits per heavy atom. The molecule has 0 saturated heterocycles. The zero-order valence-corrected chi connectivity index (χ0v) is 17.8. The monoisotopic (exact) mass is 466 g/mol. The minimum atomic E-state index is -0.381. The van der Waals surface area contributed by atoms with Gasteiger partial charge < -0.3 is 5.32 Å². The lowest BCUT2D eigenvalue weighted by molar-refractivity contribution is 0.101. The Kier molecular flexibility index (Phi) is 5.47. The maximum atomic E-state index is 12.8. The molecule has 0 bridgehead atoms. The van der Waals surface area contributed by atoms with Crippen LogP contribution in [0.1, 0.15) is 16.2 Å². The molecule has 29 heavy (non-hydrogen) atoms. The van der Waals surface area contributed by atoms with Gasteiger partial charge in [-0.1, -0.05) is 63.9 Å². The third-order valence-electron chi connectivity index (χ3n) is 4.34. The fourth-order valence-corrected chi connectivity index (χ4v) is 3.31. The third-order valence-corrected chi connectivity index (χ3v) is 5.11. The van der Waals surface area contributed by atoms with Gasteiger partial charge in [-0.05, 0) is 48.9 Å². The SMILES string of the molecule is Cc1ccc(Cl)cc1-n1nc(C(=O)Nc2ccccc2)nc1-c1ccc(Br)cc1. The number of halogens is 2. The van der Waals surface area contributed by atoms with Gasteiger partial charge in [0.1, 0.15) is 0 Å². The first-order chi connectivity index (χ1) is 14.0. The quantitative estimate of drug-likeness (QED) is 0.406. The fraction of sp³-hybridized carbons (Fsp3) is 0.0455. The predicted molar refractivity (Wildman–Crippen MR) is 119 cm³/mol. The number of nitrogens with one attached hydrogen (secondary N) is 1. The summed E-state index contributed by atoms with van der Waals surface area (Å²) in [5, 5.41) is 7.91. The van der Waals surface area contributed by atoms with Gasteiger partial charge in [-0.25, -0.2) is 9.67 Å². The van der Waals surface area contributed by atoms with Gasteiger partial charge in [0.2, 0.25) is 5.82 Å². The molecule has 0 atom stereocenters. The van der Waals surface area contributed by atoms with E-state index < -0.39 is 0 Å². The lowest BCUT2D eigenvalue weighted by atomic mass is 10.2. The zero-order chi connectivity index (χ0) is 20.4. The number of benzene rings is 3. The number of nitrogens with zero attached hydrogens (tertiary/aromatic N) is 3. The molecule has 4 rings (SSSR count). The highest BCUT2D eigenvalue weighted by Crippen LogP contribution is 2.26. The van der Waals surface area contributed by atoms with Crippen LogP contribution in [0, 0.1) is 6.92 Å². The molecule has 0 aliphatic heterocycles. The second-order valence-electron chi connectivity index (χ2n) is 6.43. The number of carbonyl (C=O) groups is 1. The average Bonchev–Trinajstić information content (AvgIpc) is 3.16. The summed E-state index contributed by atoms with van der Waals surface area (Å²) < 4.78 is 2.61. The van der Waals surface area contributed by atoms with E-state index in [0.717, 1.165) is 21.3 Å². The first-order valence-corrected chi connectivity index (χ1v) is 10.0. The number of hydrogen-bond donors (Lipinski definition) is 1. The second kappa shape index (κ2) is 8.19. The Balaban J connectivity index is 1.81. The van der Waals surface area contributed by atoms with E-state index in [2.05, 4.69) is 31.3 Å². The highest BCUT2D eigenvalue weighted by molar-refractivity contribution is 9.10. The van der Waals surface area contributed by atoms with Crippen LogP contribution in [-0.4, -0.2) is 20.7 Å². The molecule has 0 unspecified atom stereocenters. The maximum Gasteiger partial charge on any atom is 0.295 e. The van der Waals surface area contributed by atoms with Crippen LogP contribution in [0.2, 0.25) is 5.02 Å². The Labute approximate surface area is 181 Å². The number of rotatable bonds is 4. The van der Waals surface area contributed by atoms with Gasteiger partial charge in [-0.3, -0.25) is 4.79 Å². The van der Waals surface area contributed by atoms with E-state index in [4.69, 9.17) is 11.6 Å². The van der Waals surface area contributed by atoms with Crippen molar-refractivity contribution in [3.05, 3.63) is 93.7 Å². The van der Waals surface area contributed by atoms with Crippen LogP contribution in [0.3, 0.4) is 0 Å². The number of amides is 1. The molecule has 1 N–H and O–H groups in total. The van der Waals surface area contributed by atoms with E-state index in [1.54, 1.807) is 4.68 Å². The first-order valence-electron chi connectivity index (χ1n) is 8.87. The van der Waals surface area contributed by atoms with Gasteiger partial charge in [0.05, 0.1) is 5.69 Å².